The fourth-order valence-electron chi connectivity index (χ4n) is 3.36. The smallest absolute Gasteiger partial charge is 0.349 e. The molecule has 1 saturated heterocycles. The van der Waals surface area contributed by atoms with E-state index in [2.05, 4.69) is 15.9 Å². The molecule has 0 bridgehead atoms. The fraction of sp³-hybridized carbons (Fsp3) is 0.444. The monoisotopic (exact) mass is 392 g/mol. The van der Waals surface area contributed by atoms with Gasteiger partial charge in [0.05, 0.1) is 0 Å². The highest BCUT2D eigenvalue weighted by molar-refractivity contribution is 9.10. The zero-order valence-corrected chi connectivity index (χ0v) is 15.4. The van der Waals surface area contributed by atoms with Crippen LogP contribution in [0.25, 0.3) is 11.0 Å². The van der Waals surface area contributed by atoms with E-state index >= 15 is 0 Å². The van der Waals surface area contributed by atoms with Crippen LogP contribution in [0.15, 0.2) is 31.9 Å². The summed E-state index contributed by atoms with van der Waals surface area (Å²) in [5, 5.41) is 0.776. The first kappa shape index (κ1) is 17.2. The Labute approximate surface area is 148 Å². The van der Waals surface area contributed by atoms with E-state index in [0.29, 0.717) is 30.2 Å². The molecule has 6 heteroatoms. The van der Waals surface area contributed by atoms with Crippen LogP contribution in [-0.4, -0.2) is 29.9 Å². The molecule has 1 atom stereocenters. The molecule has 1 aliphatic rings. The van der Waals surface area contributed by atoms with Gasteiger partial charge in [-0.05, 0) is 56.4 Å². The molecule has 1 aromatic heterocycles. The van der Waals surface area contributed by atoms with Crippen LogP contribution in [-0.2, 0) is 0 Å². The first-order chi connectivity index (χ1) is 11.4. The summed E-state index contributed by atoms with van der Waals surface area (Å²) >= 11 is 3.42. The van der Waals surface area contributed by atoms with E-state index < -0.39 is 5.63 Å². The third-order valence-corrected chi connectivity index (χ3v) is 5.40. The number of piperidine rings is 1. The van der Waals surface area contributed by atoms with Crippen LogP contribution in [0.3, 0.4) is 0 Å². The maximum atomic E-state index is 12.9. The Morgan fingerprint density at radius 3 is 2.67 bits per heavy atom. The van der Waals surface area contributed by atoms with Gasteiger partial charge in [0.25, 0.3) is 5.91 Å². The van der Waals surface area contributed by atoms with E-state index in [4.69, 9.17) is 10.2 Å². The lowest BCUT2D eigenvalue weighted by Gasteiger charge is -2.33. The molecule has 1 aromatic carbocycles. The van der Waals surface area contributed by atoms with Crippen molar-refractivity contribution in [2.75, 3.05) is 13.1 Å². The second kappa shape index (κ2) is 6.69. The molecule has 1 aliphatic heterocycles. The molecule has 2 N–H and O–H groups in total. The Hall–Kier alpha value is -1.66. The molecule has 0 spiro atoms. The number of amides is 1. The van der Waals surface area contributed by atoms with Crippen molar-refractivity contribution in [1.29, 1.82) is 0 Å². The molecular weight excluding hydrogens is 372 g/mol. The second-order valence-corrected chi connectivity index (χ2v) is 7.43. The van der Waals surface area contributed by atoms with E-state index in [1.807, 2.05) is 19.1 Å². The molecule has 1 amide bonds. The van der Waals surface area contributed by atoms with E-state index in [0.717, 1.165) is 22.7 Å². The quantitative estimate of drug-likeness (QED) is 0.796. The number of likely N-dealkylation sites (tertiary alicyclic amines) is 1. The van der Waals surface area contributed by atoms with Gasteiger partial charge in [-0.15, -0.1) is 0 Å². The number of fused-ring (bicyclic) bond motifs is 1. The van der Waals surface area contributed by atoms with Gasteiger partial charge in [0.15, 0.2) is 0 Å². The topological polar surface area (TPSA) is 76.5 Å². The Morgan fingerprint density at radius 1 is 1.38 bits per heavy atom. The van der Waals surface area contributed by atoms with Crippen LogP contribution >= 0.6 is 15.9 Å². The third-order valence-electron chi connectivity index (χ3n) is 4.91. The molecule has 0 aliphatic carbocycles. The normalized spacial score (nSPS) is 17.2. The van der Waals surface area contributed by atoms with Crippen LogP contribution in [0.5, 0.6) is 0 Å². The maximum absolute atomic E-state index is 12.9. The summed E-state index contributed by atoms with van der Waals surface area (Å²) in [4.78, 5) is 27.0. The van der Waals surface area contributed by atoms with Gasteiger partial charge in [-0.2, -0.15) is 0 Å². The van der Waals surface area contributed by atoms with Crippen molar-refractivity contribution in [2.45, 2.75) is 32.7 Å². The molecular formula is C18H21BrN2O3. The third kappa shape index (κ3) is 3.13. The molecule has 3 rings (SSSR count). The van der Waals surface area contributed by atoms with Crippen molar-refractivity contribution < 1.29 is 9.21 Å². The van der Waals surface area contributed by atoms with E-state index in [-0.39, 0.29) is 17.5 Å². The number of carbonyl (C=O) groups excluding carboxylic acids is 1. The minimum Gasteiger partial charge on any atom is -0.422 e. The van der Waals surface area contributed by atoms with Gasteiger partial charge in [-0.25, -0.2) is 4.79 Å². The summed E-state index contributed by atoms with van der Waals surface area (Å²) in [6.45, 7) is 5.05. The minimum absolute atomic E-state index is 0.132. The van der Waals surface area contributed by atoms with Gasteiger partial charge in [0, 0.05) is 29.0 Å². The largest absolute Gasteiger partial charge is 0.422 e. The summed E-state index contributed by atoms with van der Waals surface area (Å²) in [7, 11) is 0. The van der Waals surface area contributed by atoms with Crippen molar-refractivity contribution in [1.82, 2.24) is 4.90 Å². The Bertz CT molecular complexity index is 836. The number of rotatable bonds is 2. The number of hydrogen-bond donors (Lipinski definition) is 1. The first-order valence-corrected chi connectivity index (χ1v) is 8.95. The lowest BCUT2D eigenvalue weighted by molar-refractivity contribution is 0.0676. The van der Waals surface area contributed by atoms with Crippen LogP contribution < -0.4 is 11.4 Å². The van der Waals surface area contributed by atoms with Crippen LogP contribution in [0.2, 0.25) is 0 Å². The number of aryl methyl sites for hydroxylation is 1. The summed E-state index contributed by atoms with van der Waals surface area (Å²) in [6, 6.07) is 5.54. The summed E-state index contributed by atoms with van der Waals surface area (Å²) in [5.74, 6) is 0.186. The molecule has 2 heterocycles. The van der Waals surface area contributed by atoms with Gasteiger partial charge in [0.1, 0.15) is 11.1 Å². The SMILES string of the molecule is Cc1c(C(=O)N2CCC(C(C)N)CC2)c(=O)oc2ccc(Br)cc12. The number of hydrogen-bond acceptors (Lipinski definition) is 4. The number of carbonyl (C=O) groups is 1. The molecule has 128 valence electrons. The van der Waals surface area contributed by atoms with Crippen LogP contribution in [0.1, 0.15) is 35.7 Å². The highest BCUT2D eigenvalue weighted by atomic mass is 79.9. The fourth-order valence-corrected chi connectivity index (χ4v) is 3.72. The highest BCUT2D eigenvalue weighted by Crippen LogP contribution is 2.26. The summed E-state index contributed by atoms with van der Waals surface area (Å²) in [6.07, 6.45) is 1.74. The van der Waals surface area contributed by atoms with Crippen LogP contribution in [0.4, 0.5) is 0 Å². The Morgan fingerprint density at radius 2 is 2.04 bits per heavy atom. The minimum atomic E-state index is -0.568. The predicted octanol–water partition coefficient (Wildman–Crippen LogP) is 3.06. The molecule has 0 radical (unpaired) electrons. The van der Waals surface area contributed by atoms with Gasteiger partial charge in [-0.3, -0.25) is 4.79 Å². The van der Waals surface area contributed by atoms with E-state index in [1.165, 1.54) is 0 Å². The van der Waals surface area contributed by atoms with Gasteiger partial charge in [-0.1, -0.05) is 15.9 Å². The average molecular weight is 393 g/mol. The Kier molecular flexibility index (Phi) is 4.78. The van der Waals surface area contributed by atoms with Gasteiger partial charge >= 0.3 is 5.63 Å². The van der Waals surface area contributed by atoms with E-state index in [9.17, 15) is 9.59 Å². The molecule has 5 nitrogen and oxygen atoms in total. The second-order valence-electron chi connectivity index (χ2n) is 6.52. The van der Waals surface area contributed by atoms with E-state index in [1.54, 1.807) is 17.9 Å². The predicted molar refractivity (Wildman–Crippen MR) is 97.2 cm³/mol. The molecule has 2 aromatic rings. The molecule has 24 heavy (non-hydrogen) atoms. The van der Waals surface area contributed by atoms with Crippen molar-refractivity contribution in [3.8, 4) is 0 Å². The van der Waals surface area contributed by atoms with Crippen molar-refractivity contribution >= 4 is 32.8 Å². The summed E-state index contributed by atoms with van der Waals surface area (Å²) < 4.78 is 6.23. The van der Waals surface area contributed by atoms with Crippen molar-refractivity contribution in [2.24, 2.45) is 11.7 Å². The highest BCUT2D eigenvalue weighted by Gasteiger charge is 2.28. The molecule has 0 saturated carbocycles. The summed E-state index contributed by atoms with van der Waals surface area (Å²) in [5.41, 5.74) is 6.68. The lowest BCUT2D eigenvalue weighted by atomic mass is 9.90. The zero-order chi connectivity index (χ0) is 17.4. The zero-order valence-electron chi connectivity index (χ0n) is 13.8. The number of benzene rings is 1. The first-order valence-electron chi connectivity index (χ1n) is 8.16. The van der Waals surface area contributed by atoms with Crippen LogP contribution in [0, 0.1) is 12.8 Å². The molecule has 1 unspecified atom stereocenters. The molecule has 1 fully saturated rings. The average Bonchev–Trinajstić information content (AvgIpc) is 2.55. The Balaban J connectivity index is 1.94. The number of nitrogens with two attached hydrogens (primary N) is 1. The maximum Gasteiger partial charge on any atom is 0.349 e. The van der Waals surface area contributed by atoms with Crippen molar-refractivity contribution in [3.05, 3.63) is 44.2 Å². The van der Waals surface area contributed by atoms with Gasteiger partial charge < -0.3 is 15.1 Å². The van der Waals surface area contributed by atoms with Gasteiger partial charge in [0.2, 0.25) is 0 Å². The lowest BCUT2D eigenvalue weighted by Crippen LogP contribution is -2.43. The standard InChI is InChI=1S/C18H21BrN2O3/c1-10-14-9-13(19)3-4-15(14)24-18(23)16(10)17(22)21-7-5-12(6-8-21)11(2)20/h3-4,9,11-12H,5-8,20H2,1-2H3. The number of nitrogens with zero attached hydrogens (tertiary/aromatic N) is 1. The number of halogens is 1. The van der Waals surface area contributed by atoms with Crippen molar-refractivity contribution in [3.63, 3.8) is 0 Å².